The Bertz CT molecular complexity index is 460. The van der Waals surface area contributed by atoms with Crippen LogP contribution >= 0.6 is 0 Å². The second-order valence-electron chi connectivity index (χ2n) is 9.58. The van der Waals surface area contributed by atoms with Crippen LogP contribution in [0.4, 0.5) is 0 Å². The van der Waals surface area contributed by atoms with E-state index in [4.69, 9.17) is 9.16 Å². The number of esters is 1. The van der Waals surface area contributed by atoms with Crippen molar-refractivity contribution in [2.75, 3.05) is 6.61 Å². The molecular weight excluding hydrogens is 330 g/mol. The van der Waals surface area contributed by atoms with Crippen molar-refractivity contribution in [3.8, 4) is 0 Å². The number of nitrogens with one attached hydrogen (secondary N) is 1. The van der Waals surface area contributed by atoms with Gasteiger partial charge in [0, 0.05) is 18.5 Å². The predicted molar refractivity (Wildman–Crippen MR) is 105 cm³/mol. The molecule has 0 aromatic heterocycles. The largest absolute Gasteiger partial charge is 0.466 e. The molecule has 0 bridgehead atoms. The highest BCUT2D eigenvalue weighted by Gasteiger charge is 2.46. The zero-order valence-corrected chi connectivity index (χ0v) is 18.4. The smallest absolute Gasteiger partial charge is 0.306 e. The number of hydrogen-bond donors (Lipinski definition) is 1. The van der Waals surface area contributed by atoms with Crippen LogP contribution in [0.1, 0.15) is 66.7 Å². The van der Waals surface area contributed by atoms with Crippen molar-refractivity contribution >= 4 is 14.3 Å². The van der Waals surface area contributed by atoms with E-state index in [2.05, 4.69) is 46.1 Å². The third-order valence-corrected chi connectivity index (χ3v) is 11.2. The first-order chi connectivity index (χ1) is 11.5. The van der Waals surface area contributed by atoms with E-state index in [1.807, 2.05) is 6.92 Å². The Balaban J connectivity index is 2.07. The Labute approximate surface area is 155 Å². The SMILES string of the molecule is CCOC(=O)C[C@@H]1CCC[C@H]2N[C@@H](C)[C@H](O[Si](C)(C)C(C)(C)C)C[C@@H]12. The molecule has 1 N–H and O–H groups in total. The van der Waals surface area contributed by atoms with E-state index in [1.165, 1.54) is 12.8 Å². The van der Waals surface area contributed by atoms with Crippen molar-refractivity contribution in [1.82, 2.24) is 5.32 Å². The van der Waals surface area contributed by atoms with Crippen LogP contribution in [0.25, 0.3) is 0 Å². The lowest BCUT2D eigenvalue weighted by Crippen LogP contribution is -2.60. The number of hydrogen-bond acceptors (Lipinski definition) is 4. The molecule has 5 atom stereocenters. The van der Waals surface area contributed by atoms with Crippen LogP contribution in [0.5, 0.6) is 0 Å². The zero-order chi connectivity index (χ0) is 18.8. The minimum absolute atomic E-state index is 0.0337. The molecule has 25 heavy (non-hydrogen) atoms. The normalized spacial score (nSPS) is 33.6. The molecule has 4 nitrogen and oxygen atoms in total. The van der Waals surface area contributed by atoms with Crippen LogP contribution in [0.3, 0.4) is 0 Å². The minimum atomic E-state index is -1.79. The molecule has 2 aliphatic rings. The van der Waals surface area contributed by atoms with E-state index in [0.29, 0.717) is 36.9 Å². The summed E-state index contributed by atoms with van der Waals surface area (Å²) in [5.41, 5.74) is 0. The van der Waals surface area contributed by atoms with E-state index >= 15 is 0 Å². The maximum absolute atomic E-state index is 12.0. The molecular formula is C20H39NO3Si. The van der Waals surface area contributed by atoms with Gasteiger partial charge in [-0.15, -0.1) is 0 Å². The minimum Gasteiger partial charge on any atom is -0.466 e. The van der Waals surface area contributed by atoms with Gasteiger partial charge in [-0.25, -0.2) is 0 Å². The fraction of sp³-hybridized carbons (Fsp3) is 0.950. The molecule has 1 saturated heterocycles. The average Bonchev–Trinajstić information content (AvgIpc) is 2.47. The van der Waals surface area contributed by atoms with Gasteiger partial charge in [-0.05, 0) is 63.1 Å². The number of rotatable bonds is 5. The monoisotopic (exact) mass is 369 g/mol. The third-order valence-electron chi connectivity index (χ3n) is 6.74. The van der Waals surface area contributed by atoms with E-state index in [-0.39, 0.29) is 17.1 Å². The molecule has 0 amide bonds. The van der Waals surface area contributed by atoms with Gasteiger partial charge in [-0.1, -0.05) is 27.2 Å². The lowest BCUT2D eigenvalue weighted by atomic mass is 9.69. The molecule has 2 fully saturated rings. The van der Waals surface area contributed by atoms with Gasteiger partial charge in [-0.3, -0.25) is 4.79 Å². The number of piperidine rings is 1. The quantitative estimate of drug-likeness (QED) is 0.573. The van der Waals surface area contributed by atoms with Gasteiger partial charge in [0.05, 0.1) is 12.7 Å². The van der Waals surface area contributed by atoms with Crippen LogP contribution in [0.15, 0.2) is 0 Å². The Kier molecular flexibility index (Phi) is 6.77. The van der Waals surface area contributed by atoms with Crippen LogP contribution in [0.2, 0.25) is 18.1 Å². The molecule has 0 spiro atoms. The molecule has 1 heterocycles. The summed E-state index contributed by atoms with van der Waals surface area (Å²) >= 11 is 0. The van der Waals surface area contributed by atoms with Crippen molar-refractivity contribution in [2.45, 2.75) is 103 Å². The first kappa shape index (κ1) is 20.9. The molecule has 5 heteroatoms. The van der Waals surface area contributed by atoms with Gasteiger partial charge in [0.25, 0.3) is 0 Å². The van der Waals surface area contributed by atoms with Gasteiger partial charge in [0.2, 0.25) is 0 Å². The summed E-state index contributed by atoms with van der Waals surface area (Å²) in [6, 6.07) is 0.916. The van der Waals surface area contributed by atoms with Gasteiger partial charge in [0.15, 0.2) is 8.32 Å². The Morgan fingerprint density at radius 1 is 1.24 bits per heavy atom. The summed E-state index contributed by atoms with van der Waals surface area (Å²) in [4.78, 5) is 12.0. The molecule has 0 unspecified atom stereocenters. The second kappa shape index (κ2) is 8.09. The van der Waals surface area contributed by atoms with Gasteiger partial charge >= 0.3 is 5.97 Å². The number of ether oxygens (including phenoxy) is 1. The highest BCUT2D eigenvalue weighted by molar-refractivity contribution is 6.74. The lowest BCUT2D eigenvalue weighted by Gasteiger charge is -2.50. The fourth-order valence-corrected chi connectivity index (χ4v) is 5.64. The molecule has 0 aromatic rings. The Morgan fingerprint density at radius 2 is 1.92 bits per heavy atom. The second-order valence-corrected chi connectivity index (χ2v) is 14.3. The maximum atomic E-state index is 12.0. The highest BCUT2D eigenvalue weighted by Crippen LogP contribution is 2.43. The molecule has 0 radical (unpaired) electrons. The van der Waals surface area contributed by atoms with E-state index in [1.54, 1.807) is 0 Å². The summed E-state index contributed by atoms with van der Waals surface area (Å²) in [6.45, 7) is 16.2. The predicted octanol–water partition coefficient (Wildman–Crippen LogP) is 4.50. The van der Waals surface area contributed by atoms with Crippen LogP contribution in [0, 0.1) is 11.8 Å². The zero-order valence-electron chi connectivity index (χ0n) is 17.4. The van der Waals surface area contributed by atoms with Crippen molar-refractivity contribution in [2.24, 2.45) is 11.8 Å². The lowest BCUT2D eigenvalue weighted by molar-refractivity contribution is -0.145. The Hall–Kier alpha value is -0.393. The summed E-state index contributed by atoms with van der Waals surface area (Å²) in [5, 5.41) is 4.05. The Morgan fingerprint density at radius 3 is 2.52 bits per heavy atom. The standard InChI is InChI=1S/C20H39NO3Si/c1-8-23-19(22)12-15-10-9-11-17-16(15)13-18(14(2)21-17)24-25(6,7)20(3,4)5/h14-18,21H,8-13H2,1-7H3/t14-,15-,16-,17+,18+/m0/s1. The summed E-state index contributed by atoms with van der Waals surface area (Å²) in [6.07, 6.45) is 5.47. The van der Waals surface area contributed by atoms with E-state index in [0.717, 1.165) is 12.8 Å². The summed E-state index contributed by atoms with van der Waals surface area (Å²) in [7, 11) is -1.79. The van der Waals surface area contributed by atoms with Crippen molar-refractivity contribution in [3.63, 3.8) is 0 Å². The van der Waals surface area contributed by atoms with E-state index in [9.17, 15) is 4.79 Å². The van der Waals surface area contributed by atoms with E-state index < -0.39 is 8.32 Å². The van der Waals surface area contributed by atoms with Gasteiger partial charge < -0.3 is 14.5 Å². The first-order valence-corrected chi connectivity index (χ1v) is 13.1. The number of carbonyl (C=O) groups excluding carboxylic acids is 1. The van der Waals surface area contributed by atoms with Gasteiger partial charge in [0.1, 0.15) is 0 Å². The molecule has 2 rings (SSSR count). The van der Waals surface area contributed by atoms with Crippen molar-refractivity contribution in [1.29, 1.82) is 0 Å². The molecule has 0 aromatic carbocycles. The third kappa shape index (κ3) is 5.07. The van der Waals surface area contributed by atoms with Crippen molar-refractivity contribution in [3.05, 3.63) is 0 Å². The number of carbonyl (C=O) groups is 1. The molecule has 1 aliphatic heterocycles. The fourth-order valence-electron chi connectivity index (χ4n) is 4.23. The van der Waals surface area contributed by atoms with Crippen LogP contribution in [-0.4, -0.2) is 39.1 Å². The van der Waals surface area contributed by atoms with Crippen molar-refractivity contribution < 1.29 is 14.0 Å². The maximum Gasteiger partial charge on any atom is 0.306 e. The van der Waals surface area contributed by atoms with Crippen LogP contribution in [-0.2, 0) is 14.0 Å². The average molecular weight is 370 g/mol. The summed E-state index contributed by atoms with van der Waals surface area (Å²) < 4.78 is 12.0. The molecule has 1 saturated carbocycles. The first-order valence-electron chi connectivity index (χ1n) is 10.1. The highest BCUT2D eigenvalue weighted by atomic mass is 28.4. The summed E-state index contributed by atoms with van der Waals surface area (Å²) in [5.74, 6) is 0.932. The number of fused-ring (bicyclic) bond motifs is 1. The molecule has 1 aliphatic carbocycles. The van der Waals surface area contributed by atoms with Crippen LogP contribution < -0.4 is 5.32 Å². The topological polar surface area (TPSA) is 47.6 Å². The molecule has 146 valence electrons. The van der Waals surface area contributed by atoms with Gasteiger partial charge in [-0.2, -0.15) is 0 Å².